The Hall–Kier alpha value is -0.500. The van der Waals surface area contributed by atoms with Crippen molar-refractivity contribution in [3.8, 4) is 5.75 Å². The normalized spacial score (nSPS) is 11.1. The molecule has 1 aromatic rings. The van der Waals surface area contributed by atoms with Gasteiger partial charge in [0.05, 0.1) is 0 Å². The lowest BCUT2D eigenvalue weighted by molar-refractivity contribution is 0.459. The van der Waals surface area contributed by atoms with Crippen LogP contribution in [0.5, 0.6) is 5.75 Å². The van der Waals surface area contributed by atoms with E-state index in [9.17, 15) is 5.11 Å². The summed E-state index contributed by atoms with van der Waals surface area (Å²) < 4.78 is 1.12. The number of hydrogen-bond acceptors (Lipinski definition) is 1. The van der Waals surface area contributed by atoms with Gasteiger partial charge in [-0.3, -0.25) is 0 Å². The van der Waals surface area contributed by atoms with Gasteiger partial charge in [-0.05, 0) is 43.4 Å². The summed E-state index contributed by atoms with van der Waals surface area (Å²) in [5, 5.41) is 10.0. The van der Waals surface area contributed by atoms with E-state index in [0.29, 0.717) is 11.7 Å². The van der Waals surface area contributed by atoms with E-state index in [-0.39, 0.29) is 0 Å². The standard InChI is InChI=1S/C12H17BrO/c1-6(2)10-9(5)11(13)7(3)8(4)12(10)14/h6,14H,1-5H3. The van der Waals surface area contributed by atoms with E-state index in [4.69, 9.17) is 0 Å². The quantitative estimate of drug-likeness (QED) is 0.799. The molecule has 0 spiro atoms. The molecule has 0 aliphatic carbocycles. The molecule has 0 unspecified atom stereocenters. The Labute approximate surface area is 94.3 Å². The SMILES string of the molecule is Cc1c(C)c(Br)c(C)c(C(C)C)c1O. The highest BCUT2D eigenvalue weighted by Crippen LogP contribution is 2.38. The molecule has 1 nitrogen and oxygen atoms in total. The second kappa shape index (κ2) is 3.93. The van der Waals surface area contributed by atoms with Gasteiger partial charge in [0.15, 0.2) is 0 Å². The molecule has 14 heavy (non-hydrogen) atoms. The average Bonchev–Trinajstić information content (AvgIpc) is 2.11. The van der Waals surface area contributed by atoms with E-state index >= 15 is 0 Å². The Kier molecular flexibility index (Phi) is 3.25. The van der Waals surface area contributed by atoms with Crippen molar-refractivity contribution in [3.05, 3.63) is 26.7 Å². The number of benzene rings is 1. The number of phenols is 1. The van der Waals surface area contributed by atoms with E-state index in [1.165, 1.54) is 0 Å². The van der Waals surface area contributed by atoms with Crippen molar-refractivity contribution in [1.82, 2.24) is 0 Å². The molecule has 0 fully saturated rings. The van der Waals surface area contributed by atoms with Gasteiger partial charge in [0, 0.05) is 10.0 Å². The Morgan fingerprint density at radius 3 is 1.93 bits per heavy atom. The largest absolute Gasteiger partial charge is 0.507 e. The maximum Gasteiger partial charge on any atom is 0.122 e. The minimum atomic E-state index is 0.352. The molecular formula is C12H17BrO. The third-order valence-corrected chi connectivity index (χ3v) is 4.00. The van der Waals surface area contributed by atoms with Crippen LogP contribution in [-0.2, 0) is 0 Å². The summed E-state index contributed by atoms with van der Waals surface area (Å²) >= 11 is 3.57. The molecule has 1 aromatic carbocycles. The molecule has 0 aliphatic rings. The fourth-order valence-corrected chi connectivity index (χ4v) is 2.34. The Morgan fingerprint density at radius 1 is 1.00 bits per heavy atom. The maximum absolute atomic E-state index is 10.0. The molecule has 0 atom stereocenters. The first-order valence-electron chi connectivity index (χ1n) is 4.86. The smallest absolute Gasteiger partial charge is 0.122 e. The van der Waals surface area contributed by atoms with Crippen LogP contribution in [-0.4, -0.2) is 5.11 Å². The first-order valence-corrected chi connectivity index (χ1v) is 5.65. The maximum atomic E-state index is 10.0. The minimum absolute atomic E-state index is 0.352. The lowest BCUT2D eigenvalue weighted by atomic mass is 9.92. The van der Waals surface area contributed by atoms with Gasteiger partial charge in [0.1, 0.15) is 5.75 Å². The summed E-state index contributed by atoms with van der Waals surface area (Å²) in [5.74, 6) is 0.809. The van der Waals surface area contributed by atoms with Gasteiger partial charge >= 0.3 is 0 Å². The van der Waals surface area contributed by atoms with Gasteiger partial charge in [0.2, 0.25) is 0 Å². The first-order chi connectivity index (χ1) is 6.37. The van der Waals surface area contributed by atoms with Crippen LogP contribution in [0.2, 0.25) is 0 Å². The van der Waals surface area contributed by atoms with Crippen LogP contribution in [0.4, 0.5) is 0 Å². The molecule has 0 heterocycles. The fourth-order valence-electron chi connectivity index (χ4n) is 1.83. The Balaban J connectivity index is 3.60. The minimum Gasteiger partial charge on any atom is -0.507 e. The van der Waals surface area contributed by atoms with Gasteiger partial charge in [-0.1, -0.05) is 29.8 Å². The molecule has 0 bridgehead atoms. The molecule has 2 heteroatoms. The van der Waals surface area contributed by atoms with Gasteiger partial charge in [-0.25, -0.2) is 0 Å². The van der Waals surface area contributed by atoms with Gasteiger partial charge in [-0.15, -0.1) is 0 Å². The summed E-state index contributed by atoms with van der Waals surface area (Å²) in [7, 11) is 0. The van der Waals surface area contributed by atoms with E-state index in [1.54, 1.807) is 0 Å². The predicted molar refractivity (Wildman–Crippen MR) is 64.1 cm³/mol. The number of aromatic hydroxyl groups is 1. The molecule has 0 saturated carbocycles. The zero-order valence-electron chi connectivity index (χ0n) is 9.40. The average molecular weight is 257 g/mol. The molecule has 0 aromatic heterocycles. The van der Waals surface area contributed by atoms with Crippen LogP contribution in [0, 0.1) is 20.8 Å². The summed E-state index contributed by atoms with van der Waals surface area (Å²) in [6.07, 6.45) is 0. The molecule has 1 N–H and O–H groups in total. The van der Waals surface area contributed by atoms with Crippen molar-refractivity contribution in [2.45, 2.75) is 40.5 Å². The van der Waals surface area contributed by atoms with Crippen LogP contribution in [0.15, 0.2) is 4.47 Å². The highest BCUT2D eigenvalue weighted by atomic mass is 79.9. The third kappa shape index (κ3) is 1.68. The Bertz CT molecular complexity index is 338. The van der Waals surface area contributed by atoms with E-state index < -0.39 is 0 Å². The van der Waals surface area contributed by atoms with Gasteiger partial charge in [0.25, 0.3) is 0 Å². The van der Waals surface area contributed by atoms with Crippen LogP contribution in [0.1, 0.15) is 42.0 Å². The van der Waals surface area contributed by atoms with Crippen molar-refractivity contribution < 1.29 is 5.11 Å². The van der Waals surface area contributed by atoms with Crippen molar-refractivity contribution in [2.24, 2.45) is 0 Å². The van der Waals surface area contributed by atoms with Crippen molar-refractivity contribution in [3.63, 3.8) is 0 Å². The second-order valence-electron chi connectivity index (χ2n) is 4.11. The Morgan fingerprint density at radius 2 is 1.50 bits per heavy atom. The second-order valence-corrected chi connectivity index (χ2v) is 4.90. The first kappa shape index (κ1) is 11.6. The fraction of sp³-hybridized carbons (Fsp3) is 0.500. The lowest BCUT2D eigenvalue weighted by Crippen LogP contribution is -1.98. The zero-order valence-corrected chi connectivity index (χ0v) is 11.0. The summed E-state index contributed by atoms with van der Waals surface area (Å²) in [5.41, 5.74) is 4.32. The number of hydrogen-bond donors (Lipinski definition) is 1. The zero-order chi connectivity index (χ0) is 11.0. The topological polar surface area (TPSA) is 20.2 Å². The predicted octanol–water partition coefficient (Wildman–Crippen LogP) is 4.20. The monoisotopic (exact) mass is 256 g/mol. The molecule has 0 aliphatic heterocycles. The number of halogens is 1. The lowest BCUT2D eigenvalue weighted by Gasteiger charge is -2.18. The van der Waals surface area contributed by atoms with Crippen LogP contribution in [0.3, 0.4) is 0 Å². The van der Waals surface area contributed by atoms with Crippen molar-refractivity contribution >= 4 is 15.9 Å². The van der Waals surface area contributed by atoms with Crippen LogP contribution < -0.4 is 0 Å². The van der Waals surface area contributed by atoms with Gasteiger partial charge in [-0.2, -0.15) is 0 Å². The molecule has 1 rings (SSSR count). The van der Waals surface area contributed by atoms with E-state index in [1.807, 2.05) is 20.8 Å². The highest BCUT2D eigenvalue weighted by Gasteiger charge is 2.17. The van der Waals surface area contributed by atoms with E-state index in [0.717, 1.165) is 26.7 Å². The summed E-state index contributed by atoms with van der Waals surface area (Å²) in [6.45, 7) is 10.2. The van der Waals surface area contributed by atoms with Crippen molar-refractivity contribution in [2.75, 3.05) is 0 Å². The summed E-state index contributed by atoms with van der Waals surface area (Å²) in [6, 6.07) is 0. The molecule has 78 valence electrons. The van der Waals surface area contributed by atoms with Crippen molar-refractivity contribution in [1.29, 1.82) is 0 Å². The third-order valence-electron chi connectivity index (χ3n) is 2.81. The summed E-state index contributed by atoms with van der Waals surface area (Å²) in [4.78, 5) is 0. The number of phenolic OH excluding ortho intramolecular Hbond substituents is 1. The number of rotatable bonds is 1. The molecule has 0 amide bonds. The highest BCUT2D eigenvalue weighted by molar-refractivity contribution is 9.10. The molecule has 0 saturated heterocycles. The molecular weight excluding hydrogens is 240 g/mol. The van der Waals surface area contributed by atoms with E-state index in [2.05, 4.69) is 29.8 Å². The van der Waals surface area contributed by atoms with Crippen LogP contribution in [0.25, 0.3) is 0 Å². The molecule has 0 radical (unpaired) electrons. The van der Waals surface area contributed by atoms with Gasteiger partial charge < -0.3 is 5.11 Å². The van der Waals surface area contributed by atoms with Crippen LogP contribution >= 0.6 is 15.9 Å².